The molecule has 0 aromatic carbocycles. The molecule has 1 N–H and O–H groups in total. The maximum absolute atomic E-state index is 11.6. The summed E-state index contributed by atoms with van der Waals surface area (Å²) in [4.78, 5) is 23.2. The molecule has 0 amide bonds. The van der Waals surface area contributed by atoms with Crippen LogP contribution in [0.1, 0.15) is 37.2 Å². The third kappa shape index (κ3) is 2.89. The van der Waals surface area contributed by atoms with Gasteiger partial charge in [-0.25, -0.2) is 9.97 Å². The second kappa shape index (κ2) is 5.21. The van der Waals surface area contributed by atoms with Gasteiger partial charge in [0.2, 0.25) is 0 Å². The molecule has 1 aliphatic carbocycles. The smallest absolute Gasteiger partial charge is 0.251 e. The molecule has 0 unspecified atom stereocenters. The van der Waals surface area contributed by atoms with Crippen molar-refractivity contribution in [2.24, 2.45) is 0 Å². The summed E-state index contributed by atoms with van der Waals surface area (Å²) in [6.07, 6.45) is 6.07. The fraction of sp³-hybridized carbons (Fsp3) is 0.462. The van der Waals surface area contributed by atoms with Crippen LogP contribution in [-0.4, -0.2) is 19.5 Å². The highest BCUT2D eigenvalue weighted by atomic mass is 32.2. The summed E-state index contributed by atoms with van der Waals surface area (Å²) in [7, 11) is 0. The van der Waals surface area contributed by atoms with E-state index < -0.39 is 0 Å². The third-order valence-electron chi connectivity index (χ3n) is 3.22. The van der Waals surface area contributed by atoms with Crippen molar-refractivity contribution < 1.29 is 0 Å². The van der Waals surface area contributed by atoms with E-state index in [1.807, 2.05) is 6.20 Å². The van der Waals surface area contributed by atoms with Crippen molar-refractivity contribution >= 4 is 11.8 Å². The molecule has 1 saturated carbocycles. The Balaban J connectivity index is 1.74. The van der Waals surface area contributed by atoms with Crippen molar-refractivity contribution in [3.05, 3.63) is 40.3 Å². The Morgan fingerprint density at radius 2 is 2.37 bits per heavy atom. The number of H-pyrrole nitrogens is 1. The third-order valence-corrected chi connectivity index (χ3v) is 4.09. The number of nitrogens with zero attached hydrogens (tertiary/aromatic N) is 3. The van der Waals surface area contributed by atoms with E-state index in [4.69, 9.17) is 0 Å². The fourth-order valence-corrected chi connectivity index (χ4v) is 2.86. The van der Waals surface area contributed by atoms with Crippen LogP contribution < -0.4 is 5.56 Å². The molecule has 0 atom stereocenters. The summed E-state index contributed by atoms with van der Waals surface area (Å²) in [5.74, 6) is 2.23. The molecular formula is C13H16N4OS. The van der Waals surface area contributed by atoms with Crippen molar-refractivity contribution in [3.8, 4) is 0 Å². The van der Waals surface area contributed by atoms with Gasteiger partial charge in [0, 0.05) is 30.9 Å². The van der Waals surface area contributed by atoms with Gasteiger partial charge in [0.25, 0.3) is 5.56 Å². The molecule has 2 aromatic heterocycles. The van der Waals surface area contributed by atoms with Gasteiger partial charge in [-0.1, -0.05) is 11.8 Å². The quantitative estimate of drug-likeness (QED) is 0.671. The number of hydrogen-bond donors (Lipinski definition) is 1. The van der Waals surface area contributed by atoms with Crippen LogP contribution >= 0.6 is 11.8 Å². The molecule has 1 fully saturated rings. The average Bonchev–Trinajstić information content (AvgIpc) is 3.15. The van der Waals surface area contributed by atoms with E-state index in [9.17, 15) is 4.79 Å². The molecule has 0 radical (unpaired) electrons. The van der Waals surface area contributed by atoms with E-state index in [1.165, 1.54) is 11.8 Å². The molecule has 3 rings (SSSR count). The average molecular weight is 276 g/mol. The number of aryl methyl sites for hydroxylation is 1. The van der Waals surface area contributed by atoms with Crippen LogP contribution in [0.25, 0.3) is 0 Å². The number of thioether (sulfide) groups is 1. The Kier molecular flexibility index (Phi) is 3.42. The summed E-state index contributed by atoms with van der Waals surface area (Å²) in [5.41, 5.74) is 0.878. The Morgan fingerprint density at radius 3 is 3.11 bits per heavy atom. The SMILES string of the molecule is CCn1ccnc1CSc1nc(C2CC2)cc(=O)[nH]1. The fourth-order valence-electron chi connectivity index (χ4n) is 2.01. The Bertz CT molecular complexity index is 630. The zero-order chi connectivity index (χ0) is 13.2. The minimum atomic E-state index is -0.0572. The van der Waals surface area contributed by atoms with Gasteiger partial charge in [-0.15, -0.1) is 0 Å². The maximum Gasteiger partial charge on any atom is 0.251 e. The second-order valence-electron chi connectivity index (χ2n) is 4.67. The molecule has 100 valence electrons. The highest BCUT2D eigenvalue weighted by Crippen LogP contribution is 2.38. The van der Waals surface area contributed by atoms with E-state index in [0.717, 1.165) is 36.7 Å². The van der Waals surface area contributed by atoms with Crippen LogP contribution in [0.2, 0.25) is 0 Å². The van der Waals surface area contributed by atoms with Crippen LogP contribution in [0, 0.1) is 0 Å². The zero-order valence-electron chi connectivity index (χ0n) is 10.8. The summed E-state index contributed by atoms with van der Waals surface area (Å²) in [6, 6.07) is 1.62. The lowest BCUT2D eigenvalue weighted by Gasteiger charge is -2.05. The lowest BCUT2D eigenvalue weighted by Crippen LogP contribution is -2.09. The first-order chi connectivity index (χ1) is 9.26. The molecule has 2 aromatic rings. The topological polar surface area (TPSA) is 63.6 Å². The number of nitrogens with one attached hydrogen (secondary N) is 1. The van der Waals surface area contributed by atoms with Gasteiger partial charge in [0.05, 0.1) is 11.4 Å². The van der Waals surface area contributed by atoms with Gasteiger partial charge >= 0.3 is 0 Å². The number of hydrogen-bond acceptors (Lipinski definition) is 4. The number of rotatable bonds is 5. The lowest BCUT2D eigenvalue weighted by atomic mass is 10.3. The second-order valence-corrected chi connectivity index (χ2v) is 5.63. The van der Waals surface area contributed by atoms with Gasteiger partial charge < -0.3 is 9.55 Å². The van der Waals surface area contributed by atoms with E-state index in [2.05, 4.69) is 26.4 Å². The van der Waals surface area contributed by atoms with E-state index >= 15 is 0 Å². The predicted molar refractivity (Wildman–Crippen MR) is 74.3 cm³/mol. The van der Waals surface area contributed by atoms with Crippen molar-refractivity contribution in [1.29, 1.82) is 0 Å². The molecule has 2 heterocycles. The summed E-state index contributed by atoms with van der Waals surface area (Å²) in [6.45, 7) is 2.99. The Morgan fingerprint density at radius 1 is 1.53 bits per heavy atom. The molecule has 6 heteroatoms. The van der Waals surface area contributed by atoms with Gasteiger partial charge in [0.1, 0.15) is 5.82 Å². The molecule has 0 saturated heterocycles. The van der Waals surface area contributed by atoms with Gasteiger partial charge in [0.15, 0.2) is 5.16 Å². The predicted octanol–water partition coefficient (Wildman–Crippen LogP) is 2.16. The highest BCUT2D eigenvalue weighted by molar-refractivity contribution is 7.98. The lowest BCUT2D eigenvalue weighted by molar-refractivity contribution is 0.725. The van der Waals surface area contributed by atoms with Crippen molar-refractivity contribution in [1.82, 2.24) is 19.5 Å². The minimum Gasteiger partial charge on any atom is -0.335 e. The standard InChI is InChI=1S/C13H16N4OS/c1-2-17-6-5-14-11(17)8-19-13-15-10(9-3-4-9)7-12(18)16-13/h5-7,9H,2-4,8H2,1H3,(H,15,16,18). The van der Waals surface area contributed by atoms with Gasteiger partial charge in [-0.2, -0.15) is 0 Å². The van der Waals surface area contributed by atoms with Crippen molar-refractivity contribution in [2.75, 3.05) is 0 Å². The zero-order valence-corrected chi connectivity index (χ0v) is 11.6. The minimum absolute atomic E-state index is 0.0572. The van der Waals surface area contributed by atoms with E-state index in [-0.39, 0.29) is 5.56 Å². The molecule has 0 aliphatic heterocycles. The number of aromatic nitrogens is 4. The molecular weight excluding hydrogens is 260 g/mol. The van der Waals surface area contributed by atoms with Gasteiger partial charge in [-0.3, -0.25) is 4.79 Å². The first kappa shape index (κ1) is 12.5. The van der Waals surface area contributed by atoms with Crippen LogP contribution in [0.3, 0.4) is 0 Å². The summed E-state index contributed by atoms with van der Waals surface area (Å²) >= 11 is 1.53. The molecule has 0 bridgehead atoms. The normalized spacial score (nSPS) is 14.8. The molecule has 5 nitrogen and oxygen atoms in total. The van der Waals surface area contributed by atoms with E-state index in [1.54, 1.807) is 12.3 Å². The Labute approximate surface area is 115 Å². The van der Waals surface area contributed by atoms with Crippen molar-refractivity contribution in [3.63, 3.8) is 0 Å². The Hall–Kier alpha value is -1.56. The summed E-state index contributed by atoms with van der Waals surface area (Å²) in [5, 5.41) is 0.694. The number of aromatic amines is 1. The monoisotopic (exact) mass is 276 g/mol. The van der Waals surface area contributed by atoms with Crippen LogP contribution in [0.5, 0.6) is 0 Å². The molecule has 1 aliphatic rings. The summed E-state index contributed by atoms with van der Waals surface area (Å²) < 4.78 is 2.09. The molecule has 19 heavy (non-hydrogen) atoms. The van der Waals surface area contributed by atoms with Crippen molar-refractivity contribution in [2.45, 2.75) is 43.1 Å². The van der Waals surface area contributed by atoms with E-state index in [0.29, 0.717) is 11.1 Å². The maximum atomic E-state index is 11.6. The van der Waals surface area contributed by atoms with Crippen LogP contribution in [0.15, 0.2) is 28.4 Å². The highest BCUT2D eigenvalue weighted by Gasteiger charge is 2.25. The first-order valence-corrected chi connectivity index (χ1v) is 7.49. The molecule has 0 spiro atoms. The first-order valence-electron chi connectivity index (χ1n) is 6.50. The van der Waals surface area contributed by atoms with Crippen LogP contribution in [-0.2, 0) is 12.3 Å². The van der Waals surface area contributed by atoms with Gasteiger partial charge in [-0.05, 0) is 19.8 Å². The van der Waals surface area contributed by atoms with Crippen LogP contribution in [0.4, 0.5) is 0 Å². The largest absolute Gasteiger partial charge is 0.335 e. The number of imidazole rings is 1.